The van der Waals surface area contributed by atoms with Crippen LogP contribution >= 0.6 is 0 Å². The number of hydrogen-bond donors (Lipinski definition) is 1. The Kier molecular flexibility index (Phi) is 6.11. The molecule has 1 N–H and O–H groups in total. The van der Waals surface area contributed by atoms with Crippen molar-refractivity contribution in [1.29, 1.82) is 0 Å². The SMILES string of the molecule is CCNCc1oc(CN(CC)C2CCCCC2)cc1C. The van der Waals surface area contributed by atoms with Crippen LogP contribution in [0.4, 0.5) is 0 Å². The van der Waals surface area contributed by atoms with Gasteiger partial charge in [0.1, 0.15) is 11.5 Å². The van der Waals surface area contributed by atoms with E-state index in [9.17, 15) is 0 Å². The molecule has 20 heavy (non-hydrogen) atoms. The average Bonchev–Trinajstić information content (AvgIpc) is 2.83. The van der Waals surface area contributed by atoms with Crippen LogP contribution < -0.4 is 5.32 Å². The van der Waals surface area contributed by atoms with Gasteiger partial charge < -0.3 is 9.73 Å². The Labute approximate surface area is 123 Å². The van der Waals surface area contributed by atoms with Crippen LogP contribution in [0.2, 0.25) is 0 Å². The first kappa shape index (κ1) is 15.6. The lowest BCUT2D eigenvalue weighted by molar-refractivity contribution is 0.144. The fraction of sp³-hybridized carbons (Fsp3) is 0.765. The monoisotopic (exact) mass is 278 g/mol. The van der Waals surface area contributed by atoms with Gasteiger partial charge in [0.25, 0.3) is 0 Å². The van der Waals surface area contributed by atoms with Gasteiger partial charge in [0.15, 0.2) is 0 Å². The first-order valence-corrected chi connectivity index (χ1v) is 8.27. The molecule has 0 spiro atoms. The lowest BCUT2D eigenvalue weighted by atomic mass is 9.94. The number of aryl methyl sites for hydroxylation is 1. The van der Waals surface area contributed by atoms with Crippen LogP contribution in [0.3, 0.4) is 0 Å². The molecule has 0 bridgehead atoms. The van der Waals surface area contributed by atoms with Gasteiger partial charge in [-0.05, 0) is 44.5 Å². The smallest absolute Gasteiger partial charge is 0.120 e. The van der Waals surface area contributed by atoms with Crippen LogP contribution in [0.25, 0.3) is 0 Å². The van der Waals surface area contributed by atoms with Crippen molar-refractivity contribution < 1.29 is 4.42 Å². The summed E-state index contributed by atoms with van der Waals surface area (Å²) in [5.41, 5.74) is 1.28. The third-order valence-electron chi connectivity index (χ3n) is 4.46. The van der Waals surface area contributed by atoms with E-state index in [2.05, 4.69) is 37.1 Å². The predicted octanol–water partition coefficient (Wildman–Crippen LogP) is 3.85. The van der Waals surface area contributed by atoms with Gasteiger partial charge in [0.2, 0.25) is 0 Å². The van der Waals surface area contributed by atoms with Crippen molar-refractivity contribution in [3.63, 3.8) is 0 Å². The van der Waals surface area contributed by atoms with E-state index in [1.807, 2.05) is 0 Å². The van der Waals surface area contributed by atoms with Gasteiger partial charge in [-0.2, -0.15) is 0 Å². The van der Waals surface area contributed by atoms with Crippen molar-refractivity contribution in [3.05, 3.63) is 23.2 Å². The van der Waals surface area contributed by atoms with Crippen molar-refractivity contribution in [2.45, 2.75) is 72.0 Å². The summed E-state index contributed by atoms with van der Waals surface area (Å²) in [6.07, 6.45) is 6.92. The maximum absolute atomic E-state index is 6.04. The first-order chi connectivity index (χ1) is 9.74. The zero-order valence-electron chi connectivity index (χ0n) is 13.4. The topological polar surface area (TPSA) is 28.4 Å². The molecule has 0 aromatic carbocycles. The van der Waals surface area contributed by atoms with Crippen LogP contribution in [-0.2, 0) is 13.1 Å². The Hall–Kier alpha value is -0.800. The Morgan fingerprint density at radius 1 is 1.25 bits per heavy atom. The van der Waals surface area contributed by atoms with E-state index in [1.165, 1.54) is 37.7 Å². The van der Waals surface area contributed by atoms with Gasteiger partial charge in [0, 0.05) is 6.04 Å². The maximum atomic E-state index is 6.04. The van der Waals surface area contributed by atoms with Gasteiger partial charge in [-0.1, -0.05) is 33.1 Å². The zero-order valence-corrected chi connectivity index (χ0v) is 13.4. The second-order valence-corrected chi connectivity index (χ2v) is 5.95. The molecule has 0 unspecified atom stereocenters. The summed E-state index contributed by atoms with van der Waals surface area (Å²) >= 11 is 0. The average molecular weight is 278 g/mol. The van der Waals surface area contributed by atoms with Gasteiger partial charge in [-0.3, -0.25) is 4.90 Å². The number of hydrogen-bond acceptors (Lipinski definition) is 3. The van der Waals surface area contributed by atoms with Crippen LogP contribution in [0.15, 0.2) is 10.5 Å². The highest BCUT2D eigenvalue weighted by molar-refractivity contribution is 5.20. The molecule has 1 heterocycles. The predicted molar refractivity (Wildman–Crippen MR) is 83.8 cm³/mol. The standard InChI is InChI=1S/C17H30N2O/c1-4-18-12-17-14(3)11-16(20-17)13-19(5-2)15-9-7-6-8-10-15/h11,15,18H,4-10,12-13H2,1-3H3. The molecule has 3 heteroatoms. The minimum Gasteiger partial charge on any atom is -0.463 e. The summed E-state index contributed by atoms with van der Waals surface area (Å²) < 4.78 is 6.04. The molecule has 0 aliphatic heterocycles. The molecule has 1 saturated carbocycles. The molecule has 1 aromatic heterocycles. The van der Waals surface area contributed by atoms with E-state index >= 15 is 0 Å². The van der Waals surface area contributed by atoms with Gasteiger partial charge >= 0.3 is 0 Å². The van der Waals surface area contributed by atoms with Crippen molar-refractivity contribution in [1.82, 2.24) is 10.2 Å². The van der Waals surface area contributed by atoms with Crippen LogP contribution in [0.1, 0.15) is 63.0 Å². The van der Waals surface area contributed by atoms with Gasteiger partial charge in [0.05, 0.1) is 13.1 Å². The maximum Gasteiger partial charge on any atom is 0.120 e. The van der Waals surface area contributed by atoms with E-state index in [0.717, 1.165) is 43.7 Å². The number of rotatable bonds is 7. The van der Waals surface area contributed by atoms with E-state index in [1.54, 1.807) is 0 Å². The van der Waals surface area contributed by atoms with Crippen molar-refractivity contribution in [3.8, 4) is 0 Å². The lowest BCUT2D eigenvalue weighted by Crippen LogP contribution is -2.35. The van der Waals surface area contributed by atoms with Gasteiger partial charge in [-0.15, -0.1) is 0 Å². The highest BCUT2D eigenvalue weighted by Gasteiger charge is 2.21. The molecule has 2 rings (SSSR count). The highest BCUT2D eigenvalue weighted by atomic mass is 16.3. The third kappa shape index (κ3) is 4.10. The molecule has 1 aliphatic rings. The number of furan rings is 1. The summed E-state index contributed by atoms with van der Waals surface area (Å²) in [6, 6.07) is 2.98. The summed E-state index contributed by atoms with van der Waals surface area (Å²) in [6.45, 7) is 10.5. The molecule has 0 amide bonds. The van der Waals surface area contributed by atoms with Crippen LogP contribution in [0.5, 0.6) is 0 Å². The Balaban J connectivity index is 1.96. The molecular formula is C17H30N2O. The molecule has 114 valence electrons. The Morgan fingerprint density at radius 2 is 2.00 bits per heavy atom. The van der Waals surface area contributed by atoms with Crippen molar-refractivity contribution in [2.24, 2.45) is 0 Å². The quantitative estimate of drug-likeness (QED) is 0.821. The number of nitrogens with one attached hydrogen (secondary N) is 1. The summed E-state index contributed by atoms with van der Waals surface area (Å²) in [7, 11) is 0. The minimum absolute atomic E-state index is 0.761. The molecular weight excluding hydrogens is 248 g/mol. The van der Waals surface area contributed by atoms with E-state index in [4.69, 9.17) is 4.42 Å². The van der Waals surface area contributed by atoms with Gasteiger partial charge in [-0.25, -0.2) is 0 Å². The first-order valence-electron chi connectivity index (χ1n) is 8.27. The van der Waals surface area contributed by atoms with Crippen LogP contribution in [-0.4, -0.2) is 24.0 Å². The number of nitrogens with zero attached hydrogens (tertiary/aromatic N) is 1. The van der Waals surface area contributed by atoms with E-state index in [0.29, 0.717) is 0 Å². The zero-order chi connectivity index (χ0) is 14.4. The molecule has 1 fully saturated rings. The fourth-order valence-electron chi connectivity index (χ4n) is 3.23. The molecule has 3 nitrogen and oxygen atoms in total. The molecule has 1 aliphatic carbocycles. The largest absolute Gasteiger partial charge is 0.463 e. The van der Waals surface area contributed by atoms with Crippen LogP contribution in [0, 0.1) is 6.92 Å². The fourth-order valence-corrected chi connectivity index (χ4v) is 3.23. The van der Waals surface area contributed by atoms with E-state index < -0.39 is 0 Å². The summed E-state index contributed by atoms with van der Waals surface area (Å²) in [5.74, 6) is 2.23. The highest BCUT2D eigenvalue weighted by Crippen LogP contribution is 2.25. The summed E-state index contributed by atoms with van der Waals surface area (Å²) in [5, 5.41) is 3.34. The van der Waals surface area contributed by atoms with E-state index in [-0.39, 0.29) is 0 Å². The molecule has 1 aromatic rings. The molecule has 0 saturated heterocycles. The van der Waals surface area contributed by atoms with Crippen molar-refractivity contribution >= 4 is 0 Å². The Bertz CT molecular complexity index is 394. The molecule has 0 radical (unpaired) electrons. The third-order valence-corrected chi connectivity index (χ3v) is 4.46. The minimum atomic E-state index is 0.761. The second kappa shape index (κ2) is 7.84. The lowest BCUT2D eigenvalue weighted by Gasteiger charge is -2.32. The molecule has 0 atom stereocenters. The normalized spacial score (nSPS) is 17.0. The Morgan fingerprint density at radius 3 is 2.65 bits per heavy atom. The summed E-state index contributed by atoms with van der Waals surface area (Å²) in [4.78, 5) is 2.59. The van der Waals surface area contributed by atoms with Crippen molar-refractivity contribution in [2.75, 3.05) is 13.1 Å². The second-order valence-electron chi connectivity index (χ2n) is 5.95.